The molecule has 1 amide bonds. The Morgan fingerprint density at radius 3 is 2.63 bits per heavy atom. The van der Waals surface area contributed by atoms with Gasteiger partial charge in [0, 0.05) is 29.1 Å². The van der Waals surface area contributed by atoms with Crippen molar-refractivity contribution in [1.82, 2.24) is 9.88 Å². The van der Waals surface area contributed by atoms with E-state index in [2.05, 4.69) is 49.2 Å². The summed E-state index contributed by atoms with van der Waals surface area (Å²) >= 11 is 1.64. The number of hydrogen-bond acceptors (Lipinski definition) is 4. The lowest BCUT2D eigenvalue weighted by Crippen LogP contribution is -2.36. The molecule has 1 saturated heterocycles. The number of amides is 1. The normalized spacial score (nSPS) is 15.7. The van der Waals surface area contributed by atoms with Gasteiger partial charge in [-0.1, -0.05) is 75.1 Å². The molecule has 2 aromatic carbocycles. The number of aryl methyl sites for hydroxylation is 1. The fraction of sp³-hybridized carbons (Fsp3) is 0.467. The Hall–Kier alpha value is -2.50. The largest absolute Gasteiger partial charge is 0.320 e. The predicted molar refractivity (Wildman–Crippen MR) is 148 cm³/mol. The SMILES string of the molecule is CCCCC(CC)CN1CCC(c2nc(C(=O)Nc3ccc(C)cc3-c3ccccc3)cs2)CC1. The Morgan fingerprint density at radius 1 is 1.14 bits per heavy atom. The van der Waals surface area contributed by atoms with Crippen LogP contribution in [0.2, 0.25) is 0 Å². The van der Waals surface area contributed by atoms with E-state index in [4.69, 9.17) is 4.98 Å². The third kappa shape index (κ3) is 6.80. The van der Waals surface area contributed by atoms with Crippen LogP contribution in [0.15, 0.2) is 53.9 Å². The molecule has 35 heavy (non-hydrogen) atoms. The van der Waals surface area contributed by atoms with E-state index in [1.807, 2.05) is 35.7 Å². The van der Waals surface area contributed by atoms with Gasteiger partial charge in [-0.2, -0.15) is 0 Å². The van der Waals surface area contributed by atoms with Crippen LogP contribution in [0.5, 0.6) is 0 Å². The molecule has 186 valence electrons. The molecular weight excluding hydrogens is 450 g/mol. The van der Waals surface area contributed by atoms with Gasteiger partial charge in [0.2, 0.25) is 0 Å². The molecule has 1 atom stereocenters. The van der Waals surface area contributed by atoms with Crippen LogP contribution in [0, 0.1) is 12.8 Å². The number of anilines is 1. The van der Waals surface area contributed by atoms with Crippen LogP contribution >= 0.6 is 11.3 Å². The van der Waals surface area contributed by atoms with Gasteiger partial charge in [0.15, 0.2) is 0 Å². The zero-order valence-electron chi connectivity index (χ0n) is 21.4. The molecule has 0 saturated carbocycles. The average Bonchev–Trinajstić information content (AvgIpc) is 3.39. The molecule has 2 heterocycles. The van der Waals surface area contributed by atoms with Crippen LogP contribution < -0.4 is 5.32 Å². The quantitative estimate of drug-likeness (QED) is 0.316. The number of likely N-dealkylation sites (tertiary alicyclic amines) is 1. The molecule has 1 aliphatic heterocycles. The Bertz CT molecular complexity index is 1090. The highest BCUT2D eigenvalue weighted by Crippen LogP contribution is 2.32. The van der Waals surface area contributed by atoms with Crippen molar-refractivity contribution in [1.29, 1.82) is 0 Å². The zero-order valence-corrected chi connectivity index (χ0v) is 22.2. The standard InChI is InChI=1S/C30H39N3OS/c1-4-6-10-23(5-2)20-33-17-15-25(16-18-33)30-32-28(21-35-30)29(34)31-27-14-13-22(3)19-26(27)24-11-8-7-9-12-24/h7-9,11-14,19,21,23,25H,4-6,10,15-18,20H2,1-3H3,(H,31,34). The predicted octanol–water partition coefficient (Wildman–Crippen LogP) is 7.77. The van der Waals surface area contributed by atoms with Gasteiger partial charge in [0.05, 0.1) is 5.01 Å². The van der Waals surface area contributed by atoms with Gasteiger partial charge >= 0.3 is 0 Å². The van der Waals surface area contributed by atoms with Crippen molar-refractivity contribution in [3.8, 4) is 11.1 Å². The number of carbonyl (C=O) groups excluding carboxylic acids is 1. The topological polar surface area (TPSA) is 45.2 Å². The van der Waals surface area contributed by atoms with Gasteiger partial charge in [-0.25, -0.2) is 4.98 Å². The zero-order chi connectivity index (χ0) is 24.6. The van der Waals surface area contributed by atoms with Gasteiger partial charge < -0.3 is 10.2 Å². The van der Waals surface area contributed by atoms with Crippen molar-refractivity contribution in [3.63, 3.8) is 0 Å². The fourth-order valence-electron chi connectivity index (χ4n) is 5.03. The molecule has 0 spiro atoms. The first kappa shape index (κ1) is 25.6. The van der Waals surface area contributed by atoms with Crippen LogP contribution in [0.4, 0.5) is 5.69 Å². The highest BCUT2D eigenvalue weighted by molar-refractivity contribution is 7.10. The van der Waals surface area contributed by atoms with E-state index in [1.165, 1.54) is 37.8 Å². The van der Waals surface area contributed by atoms with E-state index in [0.29, 0.717) is 11.6 Å². The lowest BCUT2D eigenvalue weighted by molar-refractivity contribution is 0.102. The summed E-state index contributed by atoms with van der Waals surface area (Å²) in [5.41, 5.74) is 4.64. The summed E-state index contributed by atoms with van der Waals surface area (Å²) in [4.78, 5) is 20.5. The Morgan fingerprint density at radius 2 is 1.91 bits per heavy atom. The maximum absolute atomic E-state index is 13.1. The number of hydrogen-bond donors (Lipinski definition) is 1. The van der Waals surface area contributed by atoms with Gasteiger partial charge in [0.25, 0.3) is 5.91 Å². The van der Waals surface area contributed by atoms with E-state index in [1.54, 1.807) is 11.3 Å². The fourth-order valence-corrected chi connectivity index (χ4v) is 6.01. The van der Waals surface area contributed by atoms with E-state index in [0.717, 1.165) is 53.7 Å². The van der Waals surface area contributed by atoms with Crippen LogP contribution in [0.3, 0.4) is 0 Å². The van der Waals surface area contributed by atoms with Crippen LogP contribution in [-0.2, 0) is 0 Å². The molecule has 1 unspecified atom stereocenters. The van der Waals surface area contributed by atoms with Crippen molar-refractivity contribution in [2.45, 2.75) is 65.2 Å². The van der Waals surface area contributed by atoms with E-state index >= 15 is 0 Å². The molecule has 0 aliphatic carbocycles. The molecule has 0 radical (unpaired) electrons. The van der Waals surface area contributed by atoms with E-state index < -0.39 is 0 Å². The number of unbranched alkanes of at least 4 members (excludes halogenated alkanes) is 1. The van der Waals surface area contributed by atoms with Crippen LogP contribution in [0.25, 0.3) is 11.1 Å². The summed E-state index contributed by atoms with van der Waals surface area (Å²) in [5.74, 6) is 1.16. The van der Waals surface area contributed by atoms with Crippen molar-refractivity contribution in [3.05, 3.63) is 70.2 Å². The maximum atomic E-state index is 13.1. The van der Waals surface area contributed by atoms with Crippen molar-refractivity contribution in [2.75, 3.05) is 25.0 Å². The third-order valence-electron chi connectivity index (χ3n) is 7.26. The number of carbonyl (C=O) groups is 1. The van der Waals surface area contributed by atoms with Crippen LogP contribution in [-0.4, -0.2) is 35.4 Å². The number of nitrogens with zero attached hydrogens (tertiary/aromatic N) is 2. The first-order valence-electron chi connectivity index (χ1n) is 13.2. The van der Waals surface area contributed by atoms with Crippen LogP contribution in [0.1, 0.15) is 79.3 Å². The summed E-state index contributed by atoms with van der Waals surface area (Å²) < 4.78 is 0. The van der Waals surface area contributed by atoms with Crippen molar-refractivity contribution in [2.24, 2.45) is 5.92 Å². The highest BCUT2D eigenvalue weighted by atomic mass is 32.1. The van der Waals surface area contributed by atoms with E-state index in [-0.39, 0.29) is 5.91 Å². The third-order valence-corrected chi connectivity index (χ3v) is 8.27. The highest BCUT2D eigenvalue weighted by Gasteiger charge is 2.25. The molecule has 1 aliphatic rings. The summed E-state index contributed by atoms with van der Waals surface area (Å²) in [5, 5.41) is 6.15. The summed E-state index contributed by atoms with van der Waals surface area (Å²) in [6.45, 7) is 10.2. The molecular formula is C30H39N3OS. The Balaban J connectivity index is 1.36. The minimum absolute atomic E-state index is 0.132. The van der Waals surface area contributed by atoms with Gasteiger partial charge in [-0.05, 0) is 62.9 Å². The monoisotopic (exact) mass is 489 g/mol. The molecule has 1 N–H and O–H groups in total. The molecule has 0 bridgehead atoms. The smallest absolute Gasteiger partial charge is 0.275 e. The number of benzene rings is 2. The van der Waals surface area contributed by atoms with Gasteiger partial charge in [0.1, 0.15) is 5.69 Å². The summed E-state index contributed by atoms with van der Waals surface area (Å²) in [6.07, 6.45) is 7.52. The second kappa shape index (κ2) is 12.5. The molecule has 3 aromatic rings. The first-order valence-corrected chi connectivity index (χ1v) is 14.1. The second-order valence-electron chi connectivity index (χ2n) is 9.93. The minimum atomic E-state index is -0.132. The minimum Gasteiger partial charge on any atom is -0.320 e. The van der Waals surface area contributed by atoms with Crippen molar-refractivity contribution < 1.29 is 4.79 Å². The molecule has 1 fully saturated rings. The molecule has 4 nitrogen and oxygen atoms in total. The lowest BCUT2D eigenvalue weighted by Gasteiger charge is -2.33. The summed E-state index contributed by atoms with van der Waals surface area (Å²) in [6, 6.07) is 16.3. The molecule has 4 rings (SSSR count). The average molecular weight is 490 g/mol. The maximum Gasteiger partial charge on any atom is 0.275 e. The first-order chi connectivity index (χ1) is 17.1. The number of rotatable bonds is 10. The number of nitrogens with one attached hydrogen (secondary N) is 1. The second-order valence-corrected chi connectivity index (χ2v) is 10.8. The molecule has 5 heteroatoms. The number of piperidine rings is 1. The number of aromatic nitrogens is 1. The van der Waals surface area contributed by atoms with Gasteiger partial charge in [-0.3, -0.25) is 4.79 Å². The molecule has 1 aromatic heterocycles. The van der Waals surface area contributed by atoms with Gasteiger partial charge in [-0.15, -0.1) is 11.3 Å². The Kier molecular flexibility index (Phi) is 9.11. The Labute approximate surface area is 214 Å². The summed E-state index contributed by atoms with van der Waals surface area (Å²) in [7, 11) is 0. The van der Waals surface area contributed by atoms with E-state index in [9.17, 15) is 4.79 Å². The lowest BCUT2D eigenvalue weighted by atomic mass is 9.94. The number of thiazole rings is 1. The van der Waals surface area contributed by atoms with Crippen molar-refractivity contribution >= 4 is 22.9 Å².